The molecule has 1 atom stereocenters. The highest BCUT2D eigenvalue weighted by Gasteiger charge is 2.19. The Morgan fingerprint density at radius 3 is 2.56 bits per heavy atom. The van der Waals surface area contributed by atoms with Crippen LogP contribution in [0.2, 0.25) is 0 Å². The summed E-state index contributed by atoms with van der Waals surface area (Å²) in [5.41, 5.74) is 0.700. The number of nitrogens with one attached hydrogen (secondary N) is 1. The van der Waals surface area contributed by atoms with E-state index in [1.807, 2.05) is 61.5 Å². The molecule has 138 valence electrons. The zero-order valence-electron chi connectivity index (χ0n) is 15.4. The lowest BCUT2D eigenvalue weighted by Gasteiger charge is -2.18. The Kier molecular flexibility index (Phi) is 6.10. The van der Waals surface area contributed by atoms with E-state index in [0.717, 1.165) is 16.5 Å². The molecule has 0 bridgehead atoms. The van der Waals surface area contributed by atoms with Gasteiger partial charge in [-0.1, -0.05) is 56.0 Å². The Morgan fingerprint density at radius 2 is 1.81 bits per heavy atom. The molecule has 0 fully saturated rings. The van der Waals surface area contributed by atoms with Gasteiger partial charge in [-0.05, 0) is 42.1 Å². The summed E-state index contributed by atoms with van der Waals surface area (Å²) in [4.78, 5) is 12.7. The Bertz CT molecular complexity index is 913. The lowest BCUT2D eigenvalue weighted by Crippen LogP contribution is -2.32. The quantitative estimate of drug-likeness (QED) is 0.561. The largest absolute Gasteiger partial charge is 0.490 e. The van der Waals surface area contributed by atoms with Gasteiger partial charge in [0.05, 0.1) is 0 Å². The van der Waals surface area contributed by atoms with Crippen molar-refractivity contribution in [3.63, 3.8) is 0 Å². The molecule has 0 aliphatic heterocycles. The molecule has 3 aromatic carbocycles. The second kappa shape index (κ2) is 8.90. The topological polar surface area (TPSA) is 47.6 Å². The average Bonchev–Trinajstić information content (AvgIpc) is 2.71. The SMILES string of the molecule is C=CCOc1ccc(NC(=O)[C@@H](CC)Oc2cccc3ccccc23)cc1. The van der Waals surface area contributed by atoms with Gasteiger partial charge >= 0.3 is 0 Å². The first-order valence-electron chi connectivity index (χ1n) is 9.00. The second-order valence-electron chi connectivity index (χ2n) is 6.11. The number of amides is 1. The number of anilines is 1. The zero-order valence-corrected chi connectivity index (χ0v) is 15.4. The highest BCUT2D eigenvalue weighted by atomic mass is 16.5. The van der Waals surface area contributed by atoms with E-state index in [2.05, 4.69) is 11.9 Å². The van der Waals surface area contributed by atoms with E-state index < -0.39 is 6.10 Å². The van der Waals surface area contributed by atoms with Gasteiger partial charge in [0, 0.05) is 11.1 Å². The summed E-state index contributed by atoms with van der Waals surface area (Å²) in [5.74, 6) is 1.26. The van der Waals surface area contributed by atoms with E-state index in [1.54, 1.807) is 18.2 Å². The fourth-order valence-electron chi connectivity index (χ4n) is 2.79. The van der Waals surface area contributed by atoms with Gasteiger partial charge < -0.3 is 14.8 Å². The summed E-state index contributed by atoms with van der Waals surface area (Å²) in [6.07, 6.45) is 1.68. The van der Waals surface area contributed by atoms with Crippen molar-refractivity contribution in [3.05, 3.63) is 79.4 Å². The Balaban J connectivity index is 1.69. The predicted octanol–water partition coefficient (Wildman–Crippen LogP) is 5.20. The van der Waals surface area contributed by atoms with Crippen LogP contribution in [0.1, 0.15) is 13.3 Å². The minimum atomic E-state index is -0.576. The summed E-state index contributed by atoms with van der Waals surface area (Å²) >= 11 is 0. The van der Waals surface area contributed by atoms with Gasteiger partial charge in [-0.2, -0.15) is 0 Å². The van der Waals surface area contributed by atoms with Crippen molar-refractivity contribution in [1.82, 2.24) is 0 Å². The molecule has 0 aliphatic rings. The maximum Gasteiger partial charge on any atom is 0.265 e. The fourth-order valence-corrected chi connectivity index (χ4v) is 2.79. The third kappa shape index (κ3) is 4.67. The van der Waals surface area contributed by atoms with Gasteiger partial charge in [0.25, 0.3) is 5.91 Å². The van der Waals surface area contributed by atoms with Crippen molar-refractivity contribution >= 4 is 22.4 Å². The standard InChI is InChI=1S/C23H23NO3/c1-3-16-26-19-14-12-18(13-15-19)24-23(25)21(4-2)27-22-11-7-9-17-8-5-6-10-20(17)22/h3,5-15,21H,1,4,16H2,2H3,(H,24,25)/t21-/m1/s1. The predicted molar refractivity (Wildman–Crippen MR) is 109 cm³/mol. The Labute approximate surface area is 159 Å². The minimum Gasteiger partial charge on any atom is -0.490 e. The molecule has 1 N–H and O–H groups in total. The fraction of sp³-hybridized carbons (Fsp3) is 0.174. The molecule has 0 spiro atoms. The number of rotatable bonds is 8. The van der Waals surface area contributed by atoms with Crippen LogP contribution < -0.4 is 14.8 Å². The molecule has 0 unspecified atom stereocenters. The van der Waals surface area contributed by atoms with Gasteiger partial charge in [0.15, 0.2) is 6.10 Å². The molecule has 27 heavy (non-hydrogen) atoms. The van der Waals surface area contributed by atoms with Crippen molar-refractivity contribution in [2.75, 3.05) is 11.9 Å². The Hall–Kier alpha value is -3.27. The molecule has 0 aliphatic carbocycles. The number of fused-ring (bicyclic) bond motifs is 1. The molecule has 0 aromatic heterocycles. The van der Waals surface area contributed by atoms with Crippen LogP contribution in [-0.4, -0.2) is 18.6 Å². The summed E-state index contributed by atoms with van der Waals surface area (Å²) in [7, 11) is 0. The lowest BCUT2D eigenvalue weighted by molar-refractivity contribution is -0.122. The van der Waals surface area contributed by atoms with Crippen LogP contribution in [0.5, 0.6) is 11.5 Å². The van der Waals surface area contributed by atoms with Gasteiger partial charge in [-0.3, -0.25) is 4.79 Å². The molecule has 3 aromatic rings. The second-order valence-corrected chi connectivity index (χ2v) is 6.11. The van der Waals surface area contributed by atoms with Crippen molar-refractivity contribution < 1.29 is 14.3 Å². The minimum absolute atomic E-state index is 0.176. The van der Waals surface area contributed by atoms with Crippen molar-refractivity contribution in [1.29, 1.82) is 0 Å². The number of carbonyl (C=O) groups is 1. The molecule has 0 heterocycles. The third-order valence-corrected chi connectivity index (χ3v) is 4.17. The zero-order chi connectivity index (χ0) is 19.1. The Morgan fingerprint density at radius 1 is 1.07 bits per heavy atom. The van der Waals surface area contributed by atoms with Gasteiger partial charge in [0.2, 0.25) is 0 Å². The molecule has 1 amide bonds. The van der Waals surface area contributed by atoms with Crippen LogP contribution in [0.3, 0.4) is 0 Å². The molecular weight excluding hydrogens is 338 g/mol. The van der Waals surface area contributed by atoms with E-state index >= 15 is 0 Å². The number of hydrogen-bond acceptors (Lipinski definition) is 3. The van der Waals surface area contributed by atoms with Gasteiger partial charge in [-0.25, -0.2) is 0 Å². The van der Waals surface area contributed by atoms with E-state index in [0.29, 0.717) is 24.5 Å². The summed E-state index contributed by atoms with van der Waals surface area (Å²) in [5, 5.41) is 4.98. The smallest absolute Gasteiger partial charge is 0.265 e. The first-order valence-corrected chi connectivity index (χ1v) is 9.00. The number of hydrogen-bond donors (Lipinski definition) is 1. The third-order valence-electron chi connectivity index (χ3n) is 4.17. The van der Waals surface area contributed by atoms with E-state index in [-0.39, 0.29) is 5.91 Å². The molecule has 4 nitrogen and oxygen atoms in total. The molecule has 0 saturated heterocycles. The lowest BCUT2D eigenvalue weighted by atomic mass is 10.1. The van der Waals surface area contributed by atoms with Gasteiger partial charge in [-0.15, -0.1) is 0 Å². The van der Waals surface area contributed by atoms with Crippen molar-refractivity contribution in [3.8, 4) is 11.5 Å². The molecule has 0 saturated carbocycles. The van der Waals surface area contributed by atoms with Crippen LogP contribution in [0.25, 0.3) is 10.8 Å². The van der Waals surface area contributed by atoms with Crippen LogP contribution in [0.4, 0.5) is 5.69 Å². The molecular formula is C23H23NO3. The van der Waals surface area contributed by atoms with E-state index in [1.165, 1.54) is 0 Å². The van der Waals surface area contributed by atoms with E-state index in [9.17, 15) is 4.79 Å². The highest BCUT2D eigenvalue weighted by Crippen LogP contribution is 2.27. The van der Waals surface area contributed by atoms with Crippen LogP contribution >= 0.6 is 0 Å². The summed E-state index contributed by atoms with van der Waals surface area (Å²) < 4.78 is 11.5. The summed E-state index contributed by atoms with van der Waals surface area (Å²) in [6, 6.07) is 21.1. The van der Waals surface area contributed by atoms with E-state index in [4.69, 9.17) is 9.47 Å². The van der Waals surface area contributed by atoms with Crippen LogP contribution in [0.15, 0.2) is 79.4 Å². The monoisotopic (exact) mass is 361 g/mol. The van der Waals surface area contributed by atoms with Crippen molar-refractivity contribution in [2.24, 2.45) is 0 Å². The number of benzene rings is 3. The normalized spacial score (nSPS) is 11.6. The van der Waals surface area contributed by atoms with Crippen molar-refractivity contribution in [2.45, 2.75) is 19.4 Å². The molecule has 0 radical (unpaired) electrons. The van der Waals surface area contributed by atoms with Crippen LogP contribution in [-0.2, 0) is 4.79 Å². The maximum absolute atomic E-state index is 12.7. The van der Waals surface area contributed by atoms with Gasteiger partial charge in [0.1, 0.15) is 18.1 Å². The maximum atomic E-state index is 12.7. The molecule has 4 heteroatoms. The first-order chi connectivity index (χ1) is 13.2. The summed E-state index contributed by atoms with van der Waals surface area (Å²) in [6.45, 7) is 6.00. The highest BCUT2D eigenvalue weighted by molar-refractivity contribution is 5.95. The number of carbonyl (C=O) groups excluding carboxylic acids is 1. The first kappa shape index (κ1) is 18.5. The molecule has 3 rings (SSSR count). The number of ether oxygens (including phenoxy) is 2. The average molecular weight is 361 g/mol. The van der Waals surface area contributed by atoms with Crippen LogP contribution in [0, 0.1) is 0 Å².